The van der Waals surface area contributed by atoms with Crippen molar-refractivity contribution in [1.82, 2.24) is 9.62 Å². The number of hydrogen-bond acceptors (Lipinski definition) is 2. The molecule has 1 heterocycles. The topological polar surface area (TPSA) is 61.4 Å². The van der Waals surface area contributed by atoms with Crippen molar-refractivity contribution < 1.29 is 17.8 Å². The molecule has 2 amide bonds. The molecule has 1 saturated heterocycles. The maximum Gasteiger partial charge on any atom is 0.319 e. The van der Waals surface area contributed by atoms with Gasteiger partial charge in [0.15, 0.2) is 0 Å². The van der Waals surface area contributed by atoms with E-state index in [2.05, 4.69) is 14.9 Å². The average Bonchev–Trinajstić information content (AvgIpc) is 2.53. The number of anilines is 1. The standard InChI is InChI=1S/C19H27F2N3O2S/c1-19(20,21)14-6-8-15(9-7-14)22-18(25)23-16-10-12-24(13-11-16)27(2,26)17-4-3-5-17/h6-9,16H,3-5,10-13H2,1-2H3,(H2,22,23,25). The highest BCUT2D eigenvalue weighted by Crippen LogP contribution is 2.27. The van der Waals surface area contributed by atoms with E-state index in [9.17, 15) is 17.8 Å². The van der Waals surface area contributed by atoms with Crippen LogP contribution in [0.3, 0.4) is 0 Å². The Hall–Kier alpha value is -1.67. The SMILES string of the molecule is CC(F)(F)c1ccc(NC(=O)NC2CCN(S(C)(=O)=C3CCC3)CC2)cc1. The lowest BCUT2D eigenvalue weighted by Gasteiger charge is -2.36. The minimum Gasteiger partial charge on any atom is -0.335 e. The summed E-state index contributed by atoms with van der Waals surface area (Å²) in [6.45, 7) is 2.24. The Balaban J connectivity index is 1.49. The van der Waals surface area contributed by atoms with Crippen LogP contribution in [-0.4, -0.2) is 44.8 Å². The number of piperidine rings is 1. The molecule has 1 atom stereocenters. The lowest BCUT2D eigenvalue weighted by Crippen LogP contribution is -2.48. The fraction of sp³-hybridized carbons (Fsp3) is 0.579. The first-order chi connectivity index (χ1) is 12.7. The summed E-state index contributed by atoms with van der Waals surface area (Å²) in [5.74, 6) is -2.90. The molecule has 1 aliphatic heterocycles. The Morgan fingerprint density at radius 3 is 2.26 bits per heavy atom. The second-order valence-electron chi connectivity index (χ2n) is 7.46. The number of nitrogens with zero attached hydrogens (tertiary/aromatic N) is 1. The van der Waals surface area contributed by atoms with E-state index >= 15 is 0 Å². The van der Waals surface area contributed by atoms with E-state index in [4.69, 9.17) is 0 Å². The molecule has 5 nitrogen and oxygen atoms in total. The number of urea groups is 1. The summed E-state index contributed by atoms with van der Waals surface area (Å²) >= 11 is 0. The van der Waals surface area contributed by atoms with Gasteiger partial charge in [0, 0.05) is 53.3 Å². The van der Waals surface area contributed by atoms with Crippen molar-refractivity contribution >= 4 is 26.3 Å². The van der Waals surface area contributed by atoms with Crippen molar-refractivity contribution in [2.24, 2.45) is 0 Å². The van der Waals surface area contributed by atoms with Crippen LogP contribution in [0.1, 0.15) is 44.6 Å². The van der Waals surface area contributed by atoms with Crippen molar-refractivity contribution in [2.75, 3.05) is 24.7 Å². The average molecular weight is 400 g/mol. The van der Waals surface area contributed by atoms with Crippen molar-refractivity contribution in [3.8, 4) is 0 Å². The maximum atomic E-state index is 13.2. The van der Waals surface area contributed by atoms with Crippen molar-refractivity contribution in [2.45, 2.75) is 51.0 Å². The van der Waals surface area contributed by atoms with Crippen LogP contribution in [-0.2, 0) is 15.6 Å². The highest BCUT2D eigenvalue weighted by atomic mass is 32.2. The third kappa shape index (κ3) is 4.79. The lowest BCUT2D eigenvalue weighted by molar-refractivity contribution is 0.0175. The zero-order valence-corrected chi connectivity index (χ0v) is 16.6. The van der Waals surface area contributed by atoms with E-state index in [0.717, 1.165) is 39.0 Å². The van der Waals surface area contributed by atoms with Crippen LogP contribution in [0.4, 0.5) is 19.3 Å². The van der Waals surface area contributed by atoms with Gasteiger partial charge in [0.25, 0.3) is 5.92 Å². The number of nitrogens with one attached hydrogen (secondary N) is 2. The number of amides is 2. The van der Waals surface area contributed by atoms with Crippen LogP contribution in [0.25, 0.3) is 0 Å². The van der Waals surface area contributed by atoms with Gasteiger partial charge < -0.3 is 10.6 Å². The summed E-state index contributed by atoms with van der Waals surface area (Å²) in [4.78, 5) is 13.3. The largest absolute Gasteiger partial charge is 0.335 e. The number of carbonyl (C=O) groups is 1. The summed E-state index contributed by atoms with van der Waals surface area (Å²) < 4.78 is 41.4. The van der Waals surface area contributed by atoms with E-state index < -0.39 is 15.6 Å². The number of benzene rings is 1. The predicted octanol–water partition coefficient (Wildman–Crippen LogP) is 3.57. The highest BCUT2D eigenvalue weighted by Gasteiger charge is 2.28. The second-order valence-corrected chi connectivity index (χ2v) is 10.2. The van der Waals surface area contributed by atoms with Gasteiger partial charge in [-0.3, -0.25) is 4.21 Å². The Bertz CT molecular complexity index is 797. The monoisotopic (exact) mass is 399 g/mol. The molecule has 3 rings (SSSR count). The molecular formula is C19H27F2N3O2S. The van der Waals surface area contributed by atoms with Gasteiger partial charge in [0.05, 0.1) is 0 Å². The van der Waals surface area contributed by atoms with Crippen molar-refractivity contribution in [1.29, 1.82) is 0 Å². The van der Waals surface area contributed by atoms with E-state index in [1.54, 1.807) is 0 Å². The van der Waals surface area contributed by atoms with Gasteiger partial charge in [-0.05, 0) is 49.1 Å². The Kier molecular flexibility index (Phi) is 5.76. The van der Waals surface area contributed by atoms with Crippen LogP contribution in [0, 0.1) is 0 Å². The summed E-state index contributed by atoms with van der Waals surface area (Å²) in [7, 11) is -2.03. The molecule has 1 saturated carbocycles. The normalized spacial score (nSPS) is 21.3. The third-order valence-corrected chi connectivity index (χ3v) is 8.21. The van der Waals surface area contributed by atoms with Crippen molar-refractivity contribution in [3.63, 3.8) is 0 Å². The summed E-state index contributed by atoms with van der Waals surface area (Å²) in [6.07, 6.45) is 6.40. The molecule has 0 spiro atoms. The molecule has 27 heavy (non-hydrogen) atoms. The zero-order chi connectivity index (χ0) is 19.7. The van der Waals surface area contributed by atoms with Gasteiger partial charge in [-0.15, -0.1) is 0 Å². The zero-order valence-electron chi connectivity index (χ0n) is 15.8. The first-order valence-corrected chi connectivity index (χ1v) is 11.2. The van der Waals surface area contributed by atoms with Gasteiger partial charge in [-0.1, -0.05) is 12.1 Å². The molecular weight excluding hydrogens is 372 g/mol. The molecule has 2 N–H and O–H groups in total. The van der Waals surface area contributed by atoms with Crippen LogP contribution in [0.5, 0.6) is 0 Å². The van der Waals surface area contributed by atoms with Gasteiger partial charge in [0.2, 0.25) is 0 Å². The minimum absolute atomic E-state index is 0.0158. The van der Waals surface area contributed by atoms with Crippen molar-refractivity contribution in [3.05, 3.63) is 29.8 Å². The lowest BCUT2D eigenvalue weighted by atomic mass is 10.0. The summed E-state index contributed by atoms with van der Waals surface area (Å²) in [5, 5.41) is 5.59. The molecule has 0 radical (unpaired) electrons. The number of halogens is 2. The first kappa shape index (κ1) is 20.1. The highest BCUT2D eigenvalue weighted by molar-refractivity contribution is 7.99. The molecule has 1 unspecified atom stereocenters. The molecule has 0 bridgehead atoms. The third-order valence-electron chi connectivity index (χ3n) is 5.38. The number of alkyl halides is 2. The Morgan fingerprint density at radius 1 is 1.19 bits per heavy atom. The molecule has 2 fully saturated rings. The van der Waals surface area contributed by atoms with E-state index in [1.165, 1.54) is 29.1 Å². The maximum absolute atomic E-state index is 13.2. The molecule has 1 aliphatic carbocycles. The van der Waals surface area contributed by atoms with E-state index in [1.807, 2.05) is 6.26 Å². The summed E-state index contributed by atoms with van der Waals surface area (Å²) in [5.41, 5.74) is 0.379. The molecule has 8 heteroatoms. The molecule has 150 valence electrons. The van der Waals surface area contributed by atoms with Crippen LogP contribution in [0.2, 0.25) is 0 Å². The van der Waals surface area contributed by atoms with Crippen LogP contribution < -0.4 is 10.6 Å². The van der Waals surface area contributed by atoms with E-state index in [0.29, 0.717) is 18.8 Å². The minimum atomic E-state index is -2.90. The number of carbonyl (C=O) groups excluding carboxylic acids is 1. The molecule has 1 aromatic carbocycles. The fourth-order valence-electron chi connectivity index (χ4n) is 3.43. The Labute approximate surface area is 159 Å². The second kappa shape index (κ2) is 7.75. The number of rotatable bonds is 4. The fourth-order valence-corrected chi connectivity index (χ4v) is 5.75. The molecule has 2 aliphatic rings. The molecule has 0 aromatic heterocycles. The van der Waals surface area contributed by atoms with Gasteiger partial charge >= 0.3 is 6.03 Å². The molecule has 1 aromatic rings. The van der Waals surface area contributed by atoms with E-state index in [-0.39, 0.29) is 17.6 Å². The van der Waals surface area contributed by atoms with Gasteiger partial charge in [-0.25, -0.2) is 17.9 Å². The first-order valence-electron chi connectivity index (χ1n) is 9.31. The van der Waals surface area contributed by atoms with Gasteiger partial charge in [-0.2, -0.15) is 0 Å². The Morgan fingerprint density at radius 2 is 1.78 bits per heavy atom. The quantitative estimate of drug-likeness (QED) is 0.761. The van der Waals surface area contributed by atoms with Crippen LogP contribution >= 0.6 is 0 Å². The van der Waals surface area contributed by atoms with Gasteiger partial charge in [0.1, 0.15) is 0 Å². The summed E-state index contributed by atoms with van der Waals surface area (Å²) in [6, 6.07) is 5.22. The smallest absolute Gasteiger partial charge is 0.319 e. The number of hydrogen-bond donors (Lipinski definition) is 2. The van der Waals surface area contributed by atoms with Crippen LogP contribution in [0.15, 0.2) is 24.3 Å². The predicted molar refractivity (Wildman–Crippen MR) is 106 cm³/mol.